The molecule has 0 nitrogen and oxygen atoms in total. The van der Waals surface area contributed by atoms with Gasteiger partial charge in [0.15, 0.2) is 0 Å². The minimum Gasteiger partial charge on any atom is -0.0952 e. The van der Waals surface area contributed by atoms with E-state index in [4.69, 9.17) is 0 Å². The van der Waals surface area contributed by atoms with Gasteiger partial charge in [0.1, 0.15) is 7.85 Å². The number of rotatable bonds is 0. The lowest BCUT2D eigenvalue weighted by atomic mass is 9.69. The maximum atomic E-state index is 3.87. The van der Waals surface area contributed by atoms with Gasteiger partial charge in [0, 0.05) is 0 Å². The molecule has 1 aliphatic carbocycles. The molecule has 2 unspecified atom stereocenters. The van der Waals surface area contributed by atoms with Crippen molar-refractivity contribution in [2.45, 2.75) is 63.5 Å². The van der Waals surface area contributed by atoms with Gasteiger partial charge in [0.2, 0.25) is 0 Å². The molecule has 0 aromatic heterocycles. The van der Waals surface area contributed by atoms with Crippen LogP contribution in [0.15, 0.2) is 0 Å². The molecule has 82 valence electrons. The minimum absolute atomic E-state index is 0.414. The molecule has 1 aliphatic rings. The molecule has 0 radical (unpaired) electrons. The van der Waals surface area contributed by atoms with E-state index in [9.17, 15) is 0 Å². The molecule has 0 aromatic carbocycles. The van der Waals surface area contributed by atoms with Crippen molar-refractivity contribution in [2.24, 2.45) is 11.3 Å². The summed E-state index contributed by atoms with van der Waals surface area (Å²) >= 11 is 3.87. The van der Waals surface area contributed by atoms with Crippen molar-refractivity contribution in [2.75, 3.05) is 0 Å². The van der Waals surface area contributed by atoms with Crippen molar-refractivity contribution < 1.29 is 0 Å². The van der Waals surface area contributed by atoms with Gasteiger partial charge in [-0.3, -0.25) is 0 Å². The standard InChI is InChI=1S/C12H24BBr/c1-11(2,3)10-6-4-5-8-12(13,14)9-7-10/h10H,4-9,13H2,1-3H3. The monoisotopic (exact) mass is 258 g/mol. The second-order valence-electron chi connectivity index (χ2n) is 6.26. The molecule has 0 bridgehead atoms. The van der Waals surface area contributed by atoms with Crippen LogP contribution in [0.1, 0.15) is 59.3 Å². The first-order valence-electron chi connectivity index (χ1n) is 6.00. The average molecular weight is 259 g/mol. The Morgan fingerprint density at radius 3 is 2.36 bits per heavy atom. The third-order valence-corrected chi connectivity index (χ3v) is 4.53. The van der Waals surface area contributed by atoms with E-state index >= 15 is 0 Å². The summed E-state index contributed by atoms with van der Waals surface area (Å²) in [7, 11) is 2.36. The summed E-state index contributed by atoms with van der Waals surface area (Å²) in [4.78, 5) is 0. The fraction of sp³-hybridized carbons (Fsp3) is 1.00. The molecule has 1 saturated carbocycles. The molecule has 0 spiro atoms. The molecule has 0 aromatic rings. The Hall–Kier alpha value is 0.545. The van der Waals surface area contributed by atoms with Crippen LogP contribution in [0, 0.1) is 11.3 Å². The molecule has 0 aliphatic heterocycles. The Kier molecular flexibility index (Phi) is 4.14. The van der Waals surface area contributed by atoms with Crippen molar-refractivity contribution in [3.63, 3.8) is 0 Å². The molecule has 0 saturated heterocycles. The summed E-state index contributed by atoms with van der Waals surface area (Å²) in [6.45, 7) is 7.18. The van der Waals surface area contributed by atoms with Crippen LogP contribution in [0.2, 0.25) is 0 Å². The van der Waals surface area contributed by atoms with Gasteiger partial charge in [-0.2, -0.15) is 0 Å². The molecule has 0 N–H and O–H groups in total. The van der Waals surface area contributed by atoms with E-state index in [2.05, 4.69) is 44.5 Å². The first-order chi connectivity index (χ1) is 6.31. The van der Waals surface area contributed by atoms with Gasteiger partial charge in [-0.15, -0.1) is 0 Å². The normalized spacial score (nSPS) is 36.1. The van der Waals surface area contributed by atoms with Crippen LogP contribution in [0.3, 0.4) is 0 Å². The van der Waals surface area contributed by atoms with Crippen LogP contribution in [0.5, 0.6) is 0 Å². The fourth-order valence-electron chi connectivity index (χ4n) is 2.49. The largest absolute Gasteiger partial charge is 0.123 e. The van der Waals surface area contributed by atoms with Crippen LogP contribution in [0.4, 0.5) is 0 Å². The van der Waals surface area contributed by atoms with Crippen LogP contribution in [-0.2, 0) is 0 Å². The fourth-order valence-corrected chi connectivity index (χ4v) is 3.00. The number of halogens is 1. The predicted molar refractivity (Wildman–Crippen MR) is 70.8 cm³/mol. The second kappa shape index (κ2) is 4.59. The van der Waals surface area contributed by atoms with Crippen LogP contribution in [0.25, 0.3) is 0 Å². The van der Waals surface area contributed by atoms with Gasteiger partial charge in [0.05, 0.1) is 0 Å². The number of alkyl halides is 1. The van der Waals surface area contributed by atoms with Gasteiger partial charge >= 0.3 is 0 Å². The second-order valence-corrected chi connectivity index (χ2v) is 8.18. The third kappa shape index (κ3) is 3.96. The first kappa shape index (κ1) is 12.6. The van der Waals surface area contributed by atoms with Crippen LogP contribution >= 0.6 is 15.9 Å². The van der Waals surface area contributed by atoms with Crippen LogP contribution in [-0.4, -0.2) is 12.1 Å². The highest BCUT2D eigenvalue weighted by atomic mass is 79.9. The molecular formula is C12H24BBr. The topological polar surface area (TPSA) is 0 Å². The zero-order chi connectivity index (χ0) is 10.8. The molecule has 14 heavy (non-hydrogen) atoms. The molecular weight excluding hydrogens is 235 g/mol. The summed E-state index contributed by atoms with van der Waals surface area (Å²) in [5.41, 5.74) is 0.500. The highest BCUT2D eigenvalue weighted by Crippen LogP contribution is 2.40. The van der Waals surface area contributed by atoms with E-state index in [1.54, 1.807) is 0 Å². The molecule has 2 heteroatoms. The Morgan fingerprint density at radius 1 is 1.14 bits per heavy atom. The third-order valence-electron chi connectivity index (χ3n) is 3.74. The first-order valence-corrected chi connectivity index (χ1v) is 6.79. The van der Waals surface area contributed by atoms with Crippen molar-refractivity contribution >= 4 is 23.8 Å². The van der Waals surface area contributed by atoms with E-state index < -0.39 is 0 Å². The zero-order valence-corrected chi connectivity index (χ0v) is 11.8. The lowest BCUT2D eigenvalue weighted by molar-refractivity contribution is 0.192. The summed E-state index contributed by atoms with van der Waals surface area (Å²) in [6, 6.07) is 0. The van der Waals surface area contributed by atoms with E-state index in [-0.39, 0.29) is 0 Å². The Labute approximate surface area is 98.8 Å². The predicted octanol–water partition coefficient (Wildman–Crippen LogP) is 3.73. The van der Waals surface area contributed by atoms with Crippen molar-refractivity contribution in [1.82, 2.24) is 0 Å². The van der Waals surface area contributed by atoms with E-state index in [1.165, 1.54) is 38.5 Å². The summed E-state index contributed by atoms with van der Waals surface area (Å²) in [5.74, 6) is 0.916. The lowest BCUT2D eigenvalue weighted by Crippen LogP contribution is -2.28. The van der Waals surface area contributed by atoms with Crippen molar-refractivity contribution in [1.29, 1.82) is 0 Å². The molecule has 0 amide bonds. The van der Waals surface area contributed by atoms with Gasteiger partial charge in [0.25, 0.3) is 0 Å². The maximum absolute atomic E-state index is 3.87. The van der Waals surface area contributed by atoms with Crippen LogP contribution < -0.4 is 0 Å². The highest BCUT2D eigenvalue weighted by Gasteiger charge is 2.29. The summed E-state index contributed by atoms with van der Waals surface area (Å²) in [6.07, 6.45) is 8.34. The molecule has 1 fully saturated rings. The summed E-state index contributed by atoms with van der Waals surface area (Å²) in [5, 5.41) is 0. The number of hydrogen-bond acceptors (Lipinski definition) is 0. The molecule has 2 atom stereocenters. The van der Waals surface area contributed by atoms with Crippen molar-refractivity contribution in [3.8, 4) is 0 Å². The summed E-state index contributed by atoms with van der Waals surface area (Å²) < 4.78 is 0.414. The Balaban J connectivity index is 2.56. The van der Waals surface area contributed by atoms with Gasteiger partial charge in [-0.05, 0) is 41.2 Å². The van der Waals surface area contributed by atoms with Gasteiger partial charge < -0.3 is 0 Å². The van der Waals surface area contributed by atoms with Gasteiger partial charge in [-0.1, -0.05) is 49.5 Å². The molecule has 1 rings (SSSR count). The van der Waals surface area contributed by atoms with E-state index in [1.807, 2.05) is 0 Å². The lowest BCUT2D eigenvalue weighted by Gasteiger charge is -2.36. The average Bonchev–Trinajstić information content (AvgIpc) is 1.96. The Morgan fingerprint density at radius 2 is 1.79 bits per heavy atom. The SMILES string of the molecule is BC1(Br)CCCCC(C(C)(C)C)CC1. The highest BCUT2D eigenvalue weighted by molar-refractivity contribution is 9.10. The van der Waals surface area contributed by atoms with Crippen molar-refractivity contribution in [3.05, 3.63) is 0 Å². The quantitative estimate of drug-likeness (QED) is 0.459. The van der Waals surface area contributed by atoms with E-state index in [0.29, 0.717) is 9.64 Å². The Bertz CT molecular complexity index is 178. The molecule has 0 heterocycles. The van der Waals surface area contributed by atoms with E-state index in [0.717, 1.165) is 5.92 Å². The number of hydrogen-bond donors (Lipinski definition) is 0. The minimum atomic E-state index is 0.414. The smallest absolute Gasteiger partial charge is 0.0952 e. The zero-order valence-electron chi connectivity index (χ0n) is 10.2. The van der Waals surface area contributed by atoms with Gasteiger partial charge in [-0.25, -0.2) is 0 Å². The maximum Gasteiger partial charge on any atom is 0.123 e.